The van der Waals surface area contributed by atoms with Crippen LogP contribution in [0.5, 0.6) is 5.75 Å². The minimum Gasteiger partial charge on any atom is -0.491 e. The largest absolute Gasteiger partial charge is 0.491 e. The molecule has 0 fully saturated rings. The Hall–Kier alpha value is -0.580. The number of nitrogens with one attached hydrogen (secondary N) is 1. The molecule has 0 saturated carbocycles. The van der Waals surface area contributed by atoms with Crippen LogP contribution in [-0.2, 0) is 0 Å². The first-order valence-electron chi connectivity index (χ1n) is 6.16. The van der Waals surface area contributed by atoms with Gasteiger partial charge in [0, 0.05) is 23.9 Å². The molecule has 0 heterocycles. The van der Waals surface area contributed by atoms with E-state index in [2.05, 4.69) is 17.2 Å². The van der Waals surface area contributed by atoms with Crippen LogP contribution in [0.25, 0.3) is 0 Å². The molecule has 1 N–H and O–H groups in total. The molecular formula is C13H18Cl2N2OS. The average Bonchev–Trinajstić information content (AvgIpc) is 2.37. The summed E-state index contributed by atoms with van der Waals surface area (Å²) in [6.45, 7) is 6.28. The van der Waals surface area contributed by atoms with Gasteiger partial charge in [-0.25, -0.2) is 0 Å². The van der Waals surface area contributed by atoms with Crippen molar-refractivity contribution in [3.8, 4) is 5.75 Å². The maximum Gasteiger partial charge on any atom is 0.156 e. The Morgan fingerprint density at radius 3 is 2.79 bits per heavy atom. The van der Waals surface area contributed by atoms with E-state index in [-0.39, 0.29) is 0 Å². The van der Waals surface area contributed by atoms with Crippen molar-refractivity contribution in [1.29, 1.82) is 0 Å². The third-order valence-corrected chi connectivity index (χ3v) is 3.55. The second kappa shape index (κ2) is 9.34. The number of hydrogen-bond acceptors (Lipinski definition) is 3. The normalized spacial score (nSPS) is 11.5. The number of rotatable bonds is 6. The Bertz CT molecular complexity index is 427. The minimum atomic E-state index is 0.534. The van der Waals surface area contributed by atoms with Crippen LogP contribution in [0.3, 0.4) is 0 Å². The summed E-state index contributed by atoms with van der Waals surface area (Å²) in [6, 6.07) is 5.22. The van der Waals surface area contributed by atoms with Crippen molar-refractivity contribution < 1.29 is 4.74 Å². The van der Waals surface area contributed by atoms with E-state index in [1.54, 1.807) is 30.0 Å². The van der Waals surface area contributed by atoms with Crippen LogP contribution in [-0.4, -0.2) is 30.6 Å². The van der Waals surface area contributed by atoms with Gasteiger partial charge < -0.3 is 10.1 Å². The standard InChI is InChI=1S/C13H18Cl2N2OS/c1-3-16-13(17-4-2)19-8-7-18-12-6-5-10(14)9-11(12)15/h5-6,9H,3-4,7-8H2,1-2H3,(H,16,17). The zero-order valence-corrected chi connectivity index (χ0v) is 13.4. The highest BCUT2D eigenvalue weighted by Gasteiger charge is 2.03. The van der Waals surface area contributed by atoms with Gasteiger partial charge >= 0.3 is 0 Å². The van der Waals surface area contributed by atoms with Gasteiger partial charge in [0.2, 0.25) is 0 Å². The van der Waals surface area contributed by atoms with Crippen LogP contribution >= 0.6 is 35.0 Å². The molecule has 0 atom stereocenters. The third kappa shape index (κ3) is 6.41. The van der Waals surface area contributed by atoms with Crippen LogP contribution < -0.4 is 10.1 Å². The number of amidine groups is 1. The van der Waals surface area contributed by atoms with E-state index in [0.29, 0.717) is 22.4 Å². The molecule has 6 heteroatoms. The maximum atomic E-state index is 6.02. The number of nitrogens with zero attached hydrogens (tertiary/aromatic N) is 1. The van der Waals surface area contributed by atoms with Crippen molar-refractivity contribution in [3.05, 3.63) is 28.2 Å². The van der Waals surface area contributed by atoms with Gasteiger partial charge in [0.05, 0.1) is 11.6 Å². The van der Waals surface area contributed by atoms with Crippen molar-refractivity contribution in [2.45, 2.75) is 13.8 Å². The second-order valence-corrected chi connectivity index (χ2v) is 5.51. The van der Waals surface area contributed by atoms with Crippen LogP contribution in [0.1, 0.15) is 13.8 Å². The van der Waals surface area contributed by atoms with E-state index in [9.17, 15) is 0 Å². The molecule has 0 unspecified atom stereocenters. The highest BCUT2D eigenvalue weighted by Crippen LogP contribution is 2.27. The molecule has 0 aliphatic heterocycles. The number of thioether (sulfide) groups is 1. The molecule has 0 aromatic heterocycles. The minimum absolute atomic E-state index is 0.534. The molecule has 0 aliphatic rings. The first kappa shape index (κ1) is 16.5. The van der Waals surface area contributed by atoms with Crippen molar-refractivity contribution in [1.82, 2.24) is 5.32 Å². The van der Waals surface area contributed by atoms with Crippen LogP contribution in [0.4, 0.5) is 0 Å². The van der Waals surface area contributed by atoms with E-state index in [1.165, 1.54) is 0 Å². The molecule has 1 rings (SSSR count). The van der Waals surface area contributed by atoms with E-state index < -0.39 is 0 Å². The fraction of sp³-hybridized carbons (Fsp3) is 0.462. The van der Waals surface area contributed by atoms with Gasteiger partial charge in [-0.15, -0.1) is 0 Å². The van der Waals surface area contributed by atoms with Crippen LogP contribution in [0.15, 0.2) is 23.2 Å². The van der Waals surface area contributed by atoms with E-state index >= 15 is 0 Å². The van der Waals surface area contributed by atoms with Gasteiger partial charge in [0.1, 0.15) is 5.75 Å². The summed E-state index contributed by atoms with van der Waals surface area (Å²) in [4.78, 5) is 4.36. The highest BCUT2D eigenvalue weighted by atomic mass is 35.5. The van der Waals surface area contributed by atoms with Crippen molar-refractivity contribution in [2.75, 3.05) is 25.4 Å². The Morgan fingerprint density at radius 1 is 1.37 bits per heavy atom. The van der Waals surface area contributed by atoms with Gasteiger partial charge in [-0.2, -0.15) is 0 Å². The van der Waals surface area contributed by atoms with E-state index in [4.69, 9.17) is 27.9 Å². The molecule has 1 aromatic rings. The Morgan fingerprint density at radius 2 is 2.16 bits per heavy atom. The van der Waals surface area contributed by atoms with Gasteiger partial charge in [-0.1, -0.05) is 35.0 Å². The zero-order chi connectivity index (χ0) is 14.1. The molecule has 19 heavy (non-hydrogen) atoms. The summed E-state index contributed by atoms with van der Waals surface area (Å²) in [6.07, 6.45) is 0. The summed E-state index contributed by atoms with van der Waals surface area (Å²) >= 11 is 13.5. The zero-order valence-electron chi connectivity index (χ0n) is 11.1. The predicted octanol–water partition coefficient (Wildman–Crippen LogP) is 4.09. The molecule has 0 spiro atoms. The lowest BCUT2D eigenvalue weighted by molar-refractivity contribution is 0.344. The van der Waals surface area contributed by atoms with Crippen molar-refractivity contribution in [3.63, 3.8) is 0 Å². The SMILES string of the molecule is CCN=C(NCC)SCCOc1ccc(Cl)cc1Cl. The first-order chi connectivity index (χ1) is 9.17. The topological polar surface area (TPSA) is 33.6 Å². The smallest absolute Gasteiger partial charge is 0.156 e. The summed E-state index contributed by atoms with van der Waals surface area (Å²) < 4.78 is 5.60. The van der Waals surface area contributed by atoms with E-state index in [0.717, 1.165) is 24.0 Å². The molecular weight excluding hydrogens is 303 g/mol. The highest BCUT2D eigenvalue weighted by molar-refractivity contribution is 8.13. The van der Waals surface area contributed by atoms with Crippen LogP contribution in [0.2, 0.25) is 10.0 Å². The average molecular weight is 321 g/mol. The second-order valence-electron chi connectivity index (χ2n) is 3.58. The predicted molar refractivity (Wildman–Crippen MR) is 86.1 cm³/mol. The summed E-state index contributed by atoms with van der Waals surface area (Å²) in [5.74, 6) is 1.47. The molecule has 0 bridgehead atoms. The quantitative estimate of drug-likeness (QED) is 0.487. The molecule has 0 aliphatic carbocycles. The Labute approximate surface area is 128 Å². The fourth-order valence-corrected chi connectivity index (χ4v) is 2.62. The summed E-state index contributed by atoms with van der Waals surface area (Å²) in [7, 11) is 0. The number of hydrogen-bond donors (Lipinski definition) is 1. The van der Waals surface area contributed by atoms with Crippen molar-refractivity contribution >= 4 is 40.1 Å². The molecule has 0 saturated heterocycles. The number of benzene rings is 1. The van der Waals surface area contributed by atoms with Gasteiger partial charge in [-0.05, 0) is 32.0 Å². The third-order valence-electron chi connectivity index (χ3n) is 2.10. The number of aliphatic imine (C=N–C) groups is 1. The number of ether oxygens (including phenoxy) is 1. The Balaban J connectivity index is 2.35. The van der Waals surface area contributed by atoms with E-state index in [1.807, 2.05) is 6.92 Å². The van der Waals surface area contributed by atoms with Crippen LogP contribution in [0, 0.1) is 0 Å². The first-order valence-corrected chi connectivity index (χ1v) is 7.90. The van der Waals surface area contributed by atoms with Gasteiger partial charge in [0.15, 0.2) is 5.17 Å². The number of halogens is 2. The van der Waals surface area contributed by atoms with Gasteiger partial charge in [0.25, 0.3) is 0 Å². The van der Waals surface area contributed by atoms with Gasteiger partial charge in [-0.3, -0.25) is 4.99 Å². The lowest BCUT2D eigenvalue weighted by atomic mass is 10.3. The molecule has 3 nitrogen and oxygen atoms in total. The maximum absolute atomic E-state index is 6.02. The fourth-order valence-electron chi connectivity index (χ4n) is 1.33. The molecule has 106 valence electrons. The molecule has 1 aromatic carbocycles. The lowest BCUT2D eigenvalue weighted by Gasteiger charge is -2.09. The molecule has 0 amide bonds. The van der Waals surface area contributed by atoms with Crippen molar-refractivity contribution in [2.24, 2.45) is 4.99 Å². The Kier molecular flexibility index (Phi) is 8.10. The lowest BCUT2D eigenvalue weighted by Crippen LogP contribution is -2.21. The summed E-state index contributed by atoms with van der Waals surface area (Å²) in [5, 5.41) is 5.31. The molecule has 0 radical (unpaired) electrons. The monoisotopic (exact) mass is 320 g/mol. The summed E-state index contributed by atoms with van der Waals surface area (Å²) in [5.41, 5.74) is 0.